The summed E-state index contributed by atoms with van der Waals surface area (Å²) in [5, 5.41) is 14.0. The van der Waals surface area contributed by atoms with Crippen LogP contribution in [0.2, 0.25) is 0 Å². The average Bonchev–Trinajstić information content (AvgIpc) is 2.94. The maximum absolute atomic E-state index is 12.3. The maximum atomic E-state index is 12.3. The molecule has 3 fully saturated rings. The molecule has 194 valence electrons. The highest BCUT2D eigenvalue weighted by atomic mass is 16.5. The second kappa shape index (κ2) is 11.5. The normalized spacial score (nSPS) is 24.8. The van der Waals surface area contributed by atoms with Gasteiger partial charge >= 0.3 is 5.97 Å². The number of nitrogens with one attached hydrogen (secondary N) is 1. The van der Waals surface area contributed by atoms with E-state index in [2.05, 4.69) is 96.0 Å². The van der Waals surface area contributed by atoms with Gasteiger partial charge in [-0.2, -0.15) is 0 Å². The van der Waals surface area contributed by atoms with Crippen molar-refractivity contribution < 1.29 is 14.6 Å². The molecule has 2 N–H and O–H groups in total. The number of ether oxygens (including phenoxy) is 1. The minimum Gasteiger partial charge on any atom is -0.496 e. The number of hydrogen-bond donors (Lipinski definition) is 2. The third-order valence-electron chi connectivity index (χ3n) is 8.34. The maximum Gasteiger partial charge on any atom is 0.308 e. The molecule has 0 spiro atoms. The van der Waals surface area contributed by atoms with Crippen LogP contribution in [0.3, 0.4) is 0 Å². The van der Waals surface area contributed by atoms with Crippen LogP contribution in [-0.4, -0.2) is 48.3 Å². The summed E-state index contributed by atoms with van der Waals surface area (Å²) in [4.78, 5) is 14.8. The Morgan fingerprint density at radius 2 is 1.73 bits per heavy atom. The Labute approximate surface area is 220 Å². The molecule has 5 heteroatoms. The van der Waals surface area contributed by atoms with Crippen molar-refractivity contribution in [3.63, 3.8) is 0 Å². The Kier molecular flexibility index (Phi) is 7.92. The number of benzene rings is 3. The molecule has 5 nitrogen and oxygen atoms in total. The van der Waals surface area contributed by atoms with Gasteiger partial charge in [0.2, 0.25) is 0 Å². The van der Waals surface area contributed by atoms with Gasteiger partial charge in [-0.3, -0.25) is 9.69 Å². The molecule has 3 aliphatic heterocycles. The largest absolute Gasteiger partial charge is 0.496 e. The number of hydrogen-bond acceptors (Lipinski definition) is 4. The Bertz CT molecular complexity index is 1140. The molecule has 0 amide bonds. The van der Waals surface area contributed by atoms with Crippen molar-refractivity contribution in [3.05, 3.63) is 101 Å². The van der Waals surface area contributed by atoms with Crippen LogP contribution in [0.1, 0.15) is 47.9 Å². The van der Waals surface area contributed by atoms with Crippen LogP contribution in [0.4, 0.5) is 0 Å². The standard InChI is InChI=1S/C32H38N2O3/c1-3-10-22-15-16-28(37-2)25(19-22)20-33-30-26-17-18-34(21-27(26)32(35)36)31(30)29(23-11-6-4-7-12-23)24-13-8-5-9-14-24/h4-9,11-16,19,26-27,29-31,33H,3,10,17-18,20-21H2,1-2H3,(H,35,36)/t26?,27-,30?,31-/m0/s1. The second-order valence-corrected chi connectivity index (χ2v) is 10.5. The number of nitrogens with zero attached hydrogens (tertiary/aromatic N) is 1. The number of methoxy groups -OCH3 is 1. The van der Waals surface area contributed by atoms with Crippen molar-refractivity contribution >= 4 is 5.97 Å². The zero-order valence-corrected chi connectivity index (χ0v) is 21.8. The van der Waals surface area contributed by atoms with E-state index in [1.54, 1.807) is 7.11 Å². The van der Waals surface area contributed by atoms with E-state index in [0.29, 0.717) is 13.1 Å². The van der Waals surface area contributed by atoms with Gasteiger partial charge in [0, 0.05) is 36.7 Å². The Balaban J connectivity index is 1.53. The van der Waals surface area contributed by atoms with Gasteiger partial charge in [0.05, 0.1) is 13.0 Å². The molecule has 3 saturated heterocycles. The lowest BCUT2D eigenvalue weighted by molar-refractivity contribution is -0.152. The van der Waals surface area contributed by atoms with E-state index in [-0.39, 0.29) is 29.8 Å². The number of rotatable bonds is 10. The van der Waals surface area contributed by atoms with E-state index in [9.17, 15) is 9.90 Å². The fourth-order valence-corrected chi connectivity index (χ4v) is 6.68. The van der Waals surface area contributed by atoms with Crippen LogP contribution >= 0.6 is 0 Å². The van der Waals surface area contributed by atoms with Gasteiger partial charge in [0.1, 0.15) is 5.75 Å². The topological polar surface area (TPSA) is 61.8 Å². The van der Waals surface area contributed by atoms with E-state index in [1.807, 2.05) is 0 Å². The molecule has 3 unspecified atom stereocenters. The van der Waals surface area contributed by atoms with E-state index in [4.69, 9.17) is 4.74 Å². The van der Waals surface area contributed by atoms with E-state index < -0.39 is 5.97 Å². The highest BCUT2D eigenvalue weighted by Crippen LogP contribution is 2.44. The lowest BCUT2D eigenvalue weighted by Gasteiger charge is -2.56. The number of carbonyl (C=O) groups is 1. The van der Waals surface area contributed by atoms with Crippen molar-refractivity contribution in [3.8, 4) is 5.75 Å². The molecule has 3 aromatic rings. The van der Waals surface area contributed by atoms with E-state index in [0.717, 1.165) is 37.1 Å². The second-order valence-electron chi connectivity index (χ2n) is 10.5. The fraction of sp³-hybridized carbons (Fsp3) is 0.406. The summed E-state index contributed by atoms with van der Waals surface area (Å²) >= 11 is 0. The molecular formula is C32H38N2O3. The monoisotopic (exact) mass is 498 g/mol. The SMILES string of the molecule is CCCc1ccc(OC)c(CNC2C3CCN(C[C@@H]3C(=O)O)[C@H]2C(c2ccccc2)c2ccccc2)c1. The molecule has 0 aromatic heterocycles. The number of carboxylic acids is 1. The summed E-state index contributed by atoms with van der Waals surface area (Å²) < 4.78 is 5.71. The Hall–Kier alpha value is -3.15. The van der Waals surface area contributed by atoms with Gasteiger partial charge in [0.25, 0.3) is 0 Å². The number of fused-ring (bicyclic) bond motifs is 3. The summed E-state index contributed by atoms with van der Waals surface area (Å²) in [5.41, 5.74) is 4.98. The van der Waals surface area contributed by atoms with Crippen LogP contribution in [-0.2, 0) is 17.8 Å². The molecule has 6 rings (SSSR count). The predicted molar refractivity (Wildman–Crippen MR) is 147 cm³/mol. The van der Waals surface area contributed by atoms with Crippen LogP contribution in [0.25, 0.3) is 0 Å². The van der Waals surface area contributed by atoms with Crippen LogP contribution in [0, 0.1) is 11.8 Å². The molecule has 3 aliphatic rings. The minimum atomic E-state index is -0.682. The number of piperidine rings is 3. The smallest absolute Gasteiger partial charge is 0.308 e. The van der Waals surface area contributed by atoms with Gasteiger partial charge in [-0.25, -0.2) is 0 Å². The molecule has 3 aromatic carbocycles. The predicted octanol–water partition coefficient (Wildman–Crippen LogP) is 5.34. The zero-order valence-electron chi connectivity index (χ0n) is 21.8. The highest BCUT2D eigenvalue weighted by molar-refractivity contribution is 5.71. The molecule has 0 aliphatic carbocycles. The van der Waals surface area contributed by atoms with Crippen LogP contribution in [0.15, 0.2) is 78.9 Å². The van der Waals surface area contributed by atoms with Crippen molar-refractivity contribution in [2.75, 3.05) is 20.2 Å². The summed E-state index contributed by atoms with van der Waals surface area (Å²) in [6.45, 7) is 4.38. The Morgan fingerprint density at radius 3 is 2.32 bits per heavy atom. The first-order valence-electron chi connectivity index (χ1n) is 13.6. The molecule has 3 heterocycles. The summed E-state index contributed by atoms with van der Waals surface area (Å²) in [5.74, 6) is 0.0575. The third kappa shape index (κ3) is 5.29. The summed E-state index contributed by atoms with van der Waals surface area (Å²) in [6, 6.07) is 28.0. The lowest BCUT2D eigenvalue weighted by atomic mass is 9.66. The lowest BCUT2D eigenvalue weighted by Crippen LogP contribution is -2.68. The van der Waals surface area contributed by atoms with Crippen LogP contribution in [0.5, 0.6) is 5.75 Å². The van der Waals surface area contributed by atoms with Gasteiger partial charge in [-0.1, -0.05) is 86.1 Å². The van der Waals surface area contributed by atoms with E-state index >= 15 is 0 Å². The number of aryl methyl sites for hydroxylation is 1. The first-order valence-corrected chi connectivity index (χ1v) is 13.6. The van der Waals surface area contributed by atoms with Gasteiger partial charge < -0.3 is 15.2 Å². The molecule has 2 bridgehead atoms. The number of carboxylic acid groups (broad SMARTS) is 1. The highest BCUT2D eigenvalue weighted by Gasteiger charge is 2.52. The molecule has 37 heavy (non-hydrogen) atoms. The van der Waals surface area contributed by atoms with E-state index in [1.165, 1.54) is 16.7 Å². The molecule has 5 atom stereocenters. The summed E-state index contributed by atoms with van der Waals surface area (Å²) in [6.07, 6.45) is 3.02. The van der Waals surface area contributed by atoms with Crippen LogP contribution < -0.4 is 10.1 Å². The minimum absolute atomic E-state index is 0.0357. The molecule has 0 radical (unpaired) electrons. The third-order valence-corrected chi connectivity index (χ3v) is 8.34. The van der Waals surface area contributed by atoms with Crippen molar-refractivity contribution in [2.45, 2.75) is 50.7 Å². The zero-order chi connectivity index (χ0) is 25.8. The number of aliphatic carboxylic acids is 1. The Morgan fingerprint density at radius 1 is 1.05 bits per heavy atom. The van der Waals surface area contributed by atoms with Crippen molar-refractivity contribution in [2.24, 2.45) is 11.8 Å². The van der Waals surface area contributed by atoms with Gasteiger partial charge in [-0.15, -0.1) is 0 Å². The van der Waals surface area contributed by atoms with Gasteiger partial charge in [0.15, 0.2) is 0 Å². The molecular weight excluding hydrogens is 460 g/mol. The van der Waals surface area contributed by atoms with Gasteiger partial charge in [-0.05, 0) is 48.1 Å². The first kappa shape index (κ1) is 25.5. The van der Waals surface area contributed by atoms with Crippen molar-refractivity contribution in [1.29, 1.82) is 0 Å². The average molecular weight is 499 g/mol. The summed E-state index contributed by atoms with van der Waals surface area (Å²) in [7, 11) is 1.72. The molecule has 0 saturated carbocycles. The van der Waals surface area contributed by atoms with Crippen molar-refractivity contribution in [1.82, 2.24) is 10.2 Å². The quantitative estimate of drug-likeness (QED) is 0.395. The fourth-order valence-electron chi connectivity index (χ4n) is 6.68. The first-order chi connectivity index (χ1) is 18.1.